The van der Waals surface area contributed by atoms with Gasteiger partial charge in [-0.25, -0.2) is 14.5 Å². The van der Waals surface area contributed by atoms with E-state index in [0.717, 1.165) is 10.2 Å². The summed E-state index contributed by atoms with van der Waals surface area (Å²) < 4.78 is 50.8. The number of carbonyl (C=O) groups excluding carboxylic acids is 1. The SMILES string of the molecule is O=C(NC(F)(F)F)N1CCC(F)(c2ccccc2)CC1. The average Bonchev–Trinajstić information content (AvgIpc) is 2.38. The van der Waals surface area contributed by atoms with E-state index >= 15 is 0 Å². The third-order valence-corrected chi connectivity index (χ3v) is 3.38. The van der Waals surface area contributed by atoms with E-state index in [1.165, 1.54) is 0 Å². The number of amides is 2. The highest BCUT2D eigenvalue weighted by Crippen LogP contribution is 2.36. The minimum Gasteiger partial charge on any atom is -0.324 e. The third kappa shape index (κ3) is 3.40. The van der Waals surface area contributed by atoms with Crippen LogP contribution in [0.4, 0.5) is 22.4 Å². The maximum absolute atomic E-state index is 14.7. The Labute approximate surface area is 113 Å². The van der Waals surface area contributed by atoms with Crippen molar-refractivity contribution in [1.82, 2.24) is 10.2 Å². The molecule has 0 aliphatic carbocycles. The van der Waals surface area contributed by atoms with E-state index in [0.29, 0.717) is 5.56 Å². The number of urea groups is 1. The van der Waals surface area contributed by atoms with Gasteiger partial charge < -0.3 is 4.90 Å². The molecule has 1 fully saturated rings. The van der Waals surface area contributed by atoms with Crippen LogP contribution in [0.2, 0.25) is 0 Å². The van der Waals surface area contributed by atoms with Gasteiger partial charge in [-0.05, 0) is 5.56 Å². The van der Waals surface area contributed by atoms with Gasteiger partial charge in [0.25, 0.3) is 0 Å². The number of alkyl halides is 4. The van der Waals surface area contributed by atoms with Gasteiger partial charge in [-0.3, -0.25) is 0 Å². The molecule has 2 rings (SSSR count). The Morgan fingerprint density at radius 2 is 1.70 bits per heavy atom. The van der Waals surface area contributed by atoms with E-state index < -0.39 is 18.0 Å². The molecule has 20 heavy (non-hydrogen) atoms. The van der Waals surface area contributed by atoms with Crippen LogP contribution in [0.3, 0.4) is 0 Å². The lowest BCUT2D eigenvalue weighted by molar-refractivity contribution is -0.147. The van der Waals surface area contributed by atoms with Crippen molar-refractivity contribution in [3.05, 3.63) is 35.9 Å². The van der Waals surface area contributed by atoms with Gasteiger partial charge in [-0.1, -0.05) is 30.3 Å². The number of nitrogens with zero attached hydrogens (tertiary/aromatic N) is 1. The number of hydrogen-bond acceptors (Lipinski definition) is 1. The molecule has 1 aliphatic rings. The molecule has 0 unspecified atom stereocenters. The fourth-order valence-electron chi connectivity index (χ4n) is 2.29. The van der Waals surface area contributed by atoms with Crippen LogP contribution in [0.25, 0.3) is 0 Å². The molecule has 3 nitrogen and oxygen atoms in total. The number of halogens is 4. The second-order valence-corrected chi connectivity index (χ2v) is 4.75. The van der Waals surface area contributed by atoms with Crippen LogP contribution in [0, 0.1) is 0 Å². The Kier molecular flexibility index (Phi) is 3.87. The number of hydrogen-bond donors (Lipinski definition) is 1. The van der Waals surface area contributed by atoms with Crippen molar-refractivity contribution in [2.45, 2.75) is 24.8 Å². The summed E-state index contributed by atoms with van der Waals surface area (Å²) in [6.45, 7) is -0.0966. The molecule has 0 bridgehead atoms. The van der Waals surface area contributed by atoms with Crippen molar-refractivity contribution in [3.8, 4) is 0 Å². The standard InChI is InChI=1S/C13H14F4N2O/c14-12(10-4-2-1-3-5-10)6-8-19(9-7-12)11(20)18-13(15,16)17/h1-5H,6-9H2,(H,18,20). The third-order valence-electron chi connectivity index (χ3n) is 3.38. The van der Waals surface area contributed by atoms with Gasteiger partial charge in [0.15, 0.2) is 0 Å². The van der Waals surface area contributed by atoms with Gasteiger partial charge >= 0.3 is 12.3 Å². The molecule has 0 radical (unpaired) electrons. The fraction of sp³-hybridized carbons (Fsp3) is 0.462. The number of carbonyl (C=O) groups is 1. The topological polar surface area (TPSA) is 32.3 Å². The first-order valence-electron chi connectivity index (χ1n) is 6.18. The summed E-state index contributed by atoms with van der Waals surface area (Å²) in [6, 6.07) is 7.24. The number of rotatable bonds is 1. The summed E-state index contributed by atoms with van der Waals surface area (Å²) in [4.78, 5) is 12.3. The zero-order chi connectivity index (χ0) is 14.8. The fourth-order valence-corrected chi connectivity index (χ4v) is 2.29. The van der Waals surface area contributed by atoms with Gasteiger partial charge in [0, 0.05) is 25.9 Å². The molecule has 1 aromatic rings. The normalized spacial score (nSPS) is 18.7. The summed E-state index contributed by atoms with van der Waals surface area (Å²) in [7, 11) is 0. The average molecular weight is 290 g/mol. The lowest BCUT2D eigenvalue weighted by atomic mass is 9.86. The van der Waals surface area contributed by atoms with Crippen LogP contribution in [0.5, 0.6) is 0 Å². The summed E-state index contributed by atoms with van der Waals surface area (Å²) in [6.07, 6.45) is -4.79. The zero-order valence-electron chi connectivity index (χ0n) is 10.6. The Bertz CT molecular complexity index is 467. The number of nitrogens with one attached hydrogen (secondary N) is 1. The van der Waals surface area contributed by atoms with E-state index in [-0.39, 0.29) is 25.9 Å². The van der Waals surface area contributed by atoms with Crippen molar-refractivity contribution in [1.29, 1.82) is 0 Å². The van der Waals surface area contributed by atoms with Crippen LogP contribution in [-0.2, 0) is 5.67 Å². The van der Waals surface area contributed by atoms with Gasteiger partial charge in [0.1, 0.15) is 5.67 Å². The first kappa shape index (κ1) is 14.6. The van der Waals surface area contributed by atoms with Gasteiger partial charge in [-0.15, -0.1) is 0 Å². The second kappa shape index (κ2) is 5.30. The van der Waals surface area contributed by atoms with E-state index in [1.807, 2.05) is 0 Å². The molecule has 1 N–H and O–H groups in total. The summed E-state index contributed by atoms with van der Waals surface area (Å²) in [5.74, 6) is 0. The number of piperidine rings is 1. The molecule has 0 spiro atoms. The molecule has 1 saturated heterocycles. The van der Waals surface area contributed by atoms with Crippen molar-refractivity contribution in [2.75, 3.05) is 13.1 Å². The van der Waals surface area contributed by atoms with Crippen molar-refractivity contribution in [2.24, 2.45) is 0 Å². The zero-order valence-corrected chi connectivity index (χ0v) is 10.6. The highest BCUT2D eigenvalue weighted by molar-refractivity contribution is 5.74. The smallest absolute Gasteiger partial charge is 0.324 e. The molecule has 7 heteroatoms. The van der Waals surface area contributed by atoms with E-state index in [9.17, 15) is 22.4 Å². The van der Waals surface area contributed by atoms with Crippen LogP contribution in [0.15, 0.2) is 30.3 Å². The van der Waals surface area contributed by atoms with E-state index in [4.69, 9.17) is 0 Å². The highest BCUT2D eigenvalue weighted by atomic mass is 19.4. The molecule has 1 aliphatic heterocycles. The van der Waals surface area contributed by atoms with Crippen molar-refractivity contribution < 1.29 is 22.4 Å². The molecule has 110 valence electrons. The number of benzene rings is 1. The predicted molar refractivity (Wildman–Crippen MR) is 64.6 cm³/mol. The quantitative estimate of drug-likeness (QED) is 0.625. The molecule has 1 aromatic carbocycles. The monoisotopic (exact) mass is 290 g/mol. The van der Waals surface area contributed by atoms with Gasteiger partial charge in [0.05, 0.1) is 0 Å². The van der Waals surface area contributed by atoms with E-state index in [1.54, 1.807) is 30.3 Å². The lowest BCUT2D eigenvalue weighted by Crippen LogP contribution is -2.51. The van der Waals surface area contributed by atoms with Crippen molar-refractivity contribution >= 4 is 6.03 Å². The Balaban J connectivity index is 1.97. The van der Waals surface area contributed by atoms with Crippen LogP contribution < -0.4 is 5.32 Å². The molecular formula is C13H14F4N2O. The first-order chi connectivity index (χ1) is 9.30. The van der Waals surface area contributed by atoms with E-state index in [2.05, 4.69) is 0 Å². The Morgan fingerprint density at radius 1 is 1.15 bits per heavy atom. The molecule has 1 heterocycles. The summed E-state index contributed by atoms with van der Waals surface area (Å²) in [5.41, 5.74) is -1.09. The summed E-state index contributed by atoms with van der Waals surface area (Å²) >= 11 is 0. The lowest BCUT2D eigenvalue weighted by Gasteiger charge is -2.36. The minimum atomic E-state index is -4.76. The Morgan fingerprint density at radius 3 is 2.20 bits per heavy atom. The van der Waals surface area contributed by atoms with Crippen molar-refractivity contribution in [3.63, 3.8) is 0 Å². The highest BCUT2D eigenvalue weighted by Gasteiger charge is 2.39. The predicted octanol–water partition coefficient (Wildman–Crippen LogP) is 3.18. The molecule has 0 aromatic heterocycles. The molecule has 2 amide bonds. The van der Waals surface area contributed by atoms with Gasteiger partial charge in [0.2, 0.25) is 0 Å². The summed E-state index contributed by atoms with van der Waals surface area (Å²) in [5, 5.41) is 0.921. The molecule has 0 saturated carbocycles. The van der Waals surface area contributed by atoms with Crippen LogP contribution >= 0.6 is 0 Å². The Hall–Kier alpha value is -1.79. The maximum atomic E-state index is 14.7. The van der Waals surface area contributed by atoms with Gasteiger partial charge in [-0.2, -0.15) is 13.2 Å². The second-order valence-electron chi connectivity index (χ2n) is 4.75. The number of likely N-dealkylation sites (tertiary alicyclic amines) is 1. The molecular weight excluding hydrogens is 276 g/mol. The van der Waals surface area contributed by atoms with Crippen LogP contribution in [0.1, 0.15) is 18.4 Å². The van der Waals surface area contributed by atoms with Crippen LogP contribution in [-0.4, -0.2) is 30.3 Å². The first-order valence-corrected chi connectivity index (χ1v) is 6.18. The largest absolute Gasteiger partial charge is 0.485 e. The molecule has 0 atom stereocenters. The minimum absolute atomic E-state index is 0.0116. The maximum Gasteiger partial charge on any atom is 0.485 e.